The van der Waals surface area contributed by atoms with E-state index >= 15 is 0 Å². The van der Waals surface area contributed by atoms with Gasteiger partial charge < -0.3 is 10.1 Å². The number of nitrogens with one attached hydrogen (secondary N) is 1. The van der Waals surface area contributed by atoms with Crippen LogP contribution in [0.1, 0.15) is 10.5 Å². The summed E-state index contributed by atoms with van der Waals surface area (Å²) in [5, 5.41) is 7.52. The van der Waals surface area contributed by atoms with Crippen molar-refractivity contribution in [3.8, 4) is 17.6 Å². The van der Waals surface area contributed by atoms with E-state index in [-0.39, 0.29) is 24.4 Å². The molecule has 0 bridgehead atoms. The highest BCUT2D eigenvalue weighted by atomic mass is 16.5. The zero-order valence-corrected chi connectivity index (χ0v) is 14.1. The number of fused-ring (bicyclic) bond motifs is 1. The lowest BCUT2D eigenvalue weighted by Crippen LogP contribution is -2.28. The van der Waals surface area contributed by atoms with Gasteiger partial charge in [0.2, 0.25) is 0 Å². The summed E-state index contributed by atoms with van der Waals surface area (Å²) in [7, 11) is 1.48. The van der Waals surface area contributed by atoms with Crippen molar-refractivity contribution in [1.29, 1.82) is 0 Å². The Morgan fingerprint density at radius 2 is 2.12 bits per heavy atom. The van der Waals surface area contributed by atoms with Crippen LogP contribution < -0.4 is 15.6 Å². The molecule has 130 valence electrons. The van der Waals surface area contributed by atoms with Gasteiger partial charge >= 0.3 is 0 Å². The third kappa shape index (κ3) is 4.24. The van der Waals surface area contributed by atoms with Gasteiger partial charge in [0.25, 0.3) is 11.5 Å². The van der Waals surface area contributed by atoms with Gasteiger partial charge in [-0.1, -0.05) is 17.9 Å². The van der Waals surface area contributed by atoms with Crippen LogP contribution in [-0.2, 0) is 7.05 Å². The summed E-state index contributed by atoms with van der Waals surface area (Å²) < 4.78 is 6.66. The van der Waals surface area contributed by atoms with E-state index in [9.17, 15) is 9.59 Å². The molecule has 7 heteroatoms. The van der Waals surface area contributed by atoms with Crippen molar-refractivity contribution in [3.05, 3.63) is 64.7 Å². The first kappa shape index (κ1) is 17.2. The Bertz CT molecular complexity index is 1060. The maximum absolute atomic E-state index is 11.9. The first-order valence-electron chi connectivity index (χ1n) is 7.89. The van der Waals surface area contributed by atoms with Crippen LogP contribution >= 0.6 is 0 Å². The standard InChI is InChI=1S/C19H16N4O3/c1-23-18(24)9-8-16(22-23)19(25)21-10-2-3-12-26-15-7-6-14-5-4-11-20-17(14)13-15/h4-9,11,13H,10,12H2,1H3,(H,21,25). The SMILES string of the molecule is Cn1nc(C(=O)NCC#CCOc2ccc3cccnc3c2)ccc1=O. The van der Waals surface area contributed by atoms with Gasteiger partial charge in [0.15, 0.2) is 0 Å². The highest BCUT2D eigenvalue weighted by molar-refractivity contribution is 5.92. The monoisotopic (exact) mass is 348 g/mol. The third-order valence-electron chi connectivity index (χ3n) is 3.54. The fraction of sp³-hybridized carbons (Fsp3) is 0.158. The van der Waals surface area contributed by atoms with E-state index in [0.717, 1.165) is 15.6 Å². The molecule has 1 N–H and O–H groups in total. The Morgan fingerprint density at radius 1 is 1.23 bits per heavy atom. The van der Waals surface area contributed by atoms with Crippen LogP contribution in [0.3, 0.4) is 0 Å². The number of aryl methyl sites for hydroxylation is 1. The van der Waals surface area contributed by atoms with Crippen LogP contribution in [0, 0.1) is 11.8 Å². The Balaban J connectivity index is 1.48. The van der Waals surface area contributed by atoms with Gasteiger partial charge in [0.1, 0.15) is 18.1 Å². The van der Waals surface area contributed by atoms with Gasteiger partial charge in [-0.05, 0) is 24.3 Å². The molecule has 0 spiro atoms. The highest BCUT2D eigenvalue weighted by Crippen LogP contribution is 2.18. The maximum atomic E-state index is 11.9. The molecule has 1 amide bonds. The number of carbonyl (C=O) groups excluding carboxylic acids is 1. The second-order valence-corrected chi connectivity index (χ2v) is 5.36. The van der Waals surface area contributed by atoms with E-state index < -0.39 is 5.91 Å². The molecule has 7 nitrogen and oxygen atoms in total. The highest BCUT2D eigenvalue weighted by Gasteiger charge is 2.06. The van der Waals surface area contributed by atoms with Gasteiger partial charge in [-0.15, -0.1) is 0 Å². The molecule has 0 aliphatic rings. The number of hydrogen-bond donors (Lipinski definition) is 1. The molecule has 0 radical (unpaired) electrons. The molecular weight excluding hydrogens is 332 g/mol. The number of pyridine rings is 1. The minimum atomic E-state index is -0.392. The van der Waals surface area contributed by atoms with Crippen molar-refractivity contribution < 1.29 is 9.53 Å². The molecule has 2 heterocycles. The first-order chi connectivity index (χ1) is 12.6. The molecule has 0 fully saturated rings. The smallest absolute Gasteiger partial charge is 0.272 e. The van der Waals surface area contributed by atoms with Gasteiger partial charge in [-0.3, -0.25) is 14.6 Å². The van der Waals surface area contributed by atoms with Crippen molar-refractivity contribution in [2.45, 2.75) is 0 Å². The minimum absolute atomic E-state index is 0.159. The lowest BCUT2D eigenvalue weighted by Gasteiger charge is -2.03. The molecule has 0 aliphatic carbocycles. The van der Waals surface area contributed by atoms with E-state index in [4.69, 9.17) is 4.74 Å². The maximum Gasteiger partial charge on any atom is 0.272 e. The summed E-state index contributed by atoms with van der Waals surface area (Å²) in [4.78, 5) is 27.4. The quantitative estimate of drug-likeness (QED) is 0.715. The summed E-state index contributed by atoms with van der Waals surface area (Å²) in [6.07, 6.45) is 1.73. The molecule has 1 aromatic carbocycles. The fourth-order valence-electron chi connectivity index (χ4n) is 2.21. The van der Waals surface area contributed by atoms with Crippen molar-refractivity contribution in [2.75, 3.05) is 13.2 Å². The summed E-state index contributed by atoms with van der Waals surface area (Å²) in [6.45, 7) is 0.359. The summed E-state index contributed by atoms with van der Waals surface area (Å²) in [5.41, 5.74) is 0.742. The van der Waals surface area contributed by atoms with Crippen LogP contribution in [0.4, 0.5) is 0 Å². The number of amides is 1. The molecule has 0 aliphatic heterocycles. The number of carbonyl (C=O) groups is 1. The topological polar surface area (TPSA) is 86.1 Å². The zero-order valence-electron chi connectivity index (χ0n) is 14.1. The van der Waals surface area contributed by atoms with E-state index in [1.807, 2.05) is 30.3 Å². The Labute approximate surface area is 149 Å². The second kappa shape index (κ2) is 7.94. The van der Waals surface area contributed by atoms with Gasteiger partial charge in [0, 0.05) is 30.8 Å². The van der Waals surface area contributed by atoms with Crippen LogP contribution in [0.15, 0.2) is 53.5 Å². The number of nitrogens with zero attached hydrogens (tertiary/aromatic N) is 3. The second-order valence-electron chi connectivity index (χ2n) is 5.36. The zero-order chi connectivity index (χ0) is 18.4. The van der Waals surface area contributed by atoms with Crippen molar-refractivity contribution in [1.82, 2.24) is 20.1 Å². The summed E-state index contributed by atoms with van der Waals surface area (Å²) >= 11 is 0. The van der Waals surface area contributed by atoms with Crippen LogP contribution in [0.25, 0.3) is 10.9 Å². The van der Waals surface area contributed by atoms with Gasteiger partial charge in [-0.2, -0.15) is 5.10 Å². The van der Waals surface area contributed by atoms with Crippen LogP contribution in [0.2, 0.25) is 0 Å². The lowest BCUT2D eigenvalue weighted by atomic mass is 10.2. The largest absolute Gasteiger partial charge is 0.481 e. The van der Waals surface area contributed by atoms with Crippen molar-refractivity contribution >= 4 is 16.8 Å². The van der Waals surface area contributed by atoms with Crippen LogP contribution in [0.5, 0.6) is 5.75 Å². The lowest BCUT2D eigenvalue weighted by molar-refractivity contribution is 0.0951. The van der Waals surface area contributed by atoms with Crippen molar-refractivity contribution in [3.63, 3.8) is 0 Å². The van der Waals surface area contributed by atoms with E-state index in [1.165, 1.54) is 19.2 Å². The Hall–Kier alpha value is -3.66. The average Bonchev–Trinajstić information content (AvgIpc) is 2.66. The van der Waals surface area contributed by atoms with Gasteiger partial charge in [0.05, 0.1) is 12.1 Å². The number of aromatic nitrogens is 3. The Kier molecular flexibility index (Phi) is 5.25. The molecule has 0 unspecified atom stereocenters. The molecular formula is C19H16N4O3. The minimum Gasteiger partial charge on any atom is -0.481 e. The fourth-order valence-corrected chi connectivity index (χ4v) is 2.21. The molecule has 0 atom stereocenters. The first-order valence-corrected chi connectivity index (χ1v) is 7.89. The molecule has 3 rings (SSSR count). The molecule has 3 aromatic rings. The number of ether oxygens (including phenoxy) is 1. The Morgan fingerprint density at radius 3 is 2.96 bits per heavy atom. The van der Waals surface area contributed by atoms with Gasteiger partial charge in [-0.25, -0.2) is 4.68 Å². The molecule has 2 aromatic heterocycles. The van der Waals surface area contributed by atoms with E-state index in [2.05, 4.69) is 27.2 Å². The number of rotatable bonds is 4. The molecule has 0 saturated carbocycles. The molecule has 26 heavy (non-hydrogen) atoms. The normalized spacial score (nSPS) is 10.0. The molecule has 0 saturated heterocycles. The van der Waals surface area contributed by atoms with Crippen molar-refractivity contribution in [2.24, 2.45) is 7.05 Å². The predicted molar refractivity (Wildman–Crippen MR) is 96.8 cm³/mol. The number of benzene rings is 1. The predicted octanol–water partition coefficient (Wildman–Crippen LogP) is 1.14. The van der Waals surface area contributed by atoms with E-state index in [0.29, 0.717) is 5.75 Å². The third-order valence-corrected chi connectivity index (χ3v) is 3.54. The summed E-state index contributed by atoms with van der Waals surface area (Å²) in [5.74, 6) is 5.92. The summed E-state index contributed by atoms with van der Waals surface area (Å²) in [6, 6.07) is 12.2. The average molecular weight is 348 g/mol. The van der Waals surface area contributed by atoms with E-state index in [1.54, 1.807) is 6.20 Å². The number of hydrogen-bond acceptors (Lipinski definition) is 5. The van der Waals surface area contributed by atoms with Crippen LogP contribution in [-0.4, -0.2) is 33.8 Å².